The Hall–Kier alpha value is -1.51. The summed E-state index contributed by atoms with van der Waals surface area (Å²) in [6, 6.07) is 7.35. The number of benzene rings is 1. The van der Waals surface area contributed by atoms with Crippen LogP contribution < -0.4 is 10.1 Å². The Balaban J connectivity index is 2.55. The summed E-state index contributed by atoms with van der Waals surface area (Å²) in [4.78, 5) is 11.7. The number of ether oxygens (including phenoxy) is 1. The maximum atomic E-state index is 11.7. The average Bonchev–Trinajstić information content (AvgIpc) is 2.30. The second-order valence-corrected chi connectivity index (χ2v) is 3.91. The number of amides is 1. The van der Waals surface area contributed by atoms with Crippen molar-refractivity contribution in [3.8, 4) is 5.75 Å². The summed E-state index contributed by atoms with van der Waals surface area (Å²) >= 11 is 0. The van der Waals surface area contributed by atoms with Gasteiger partial charge in [-0.25, -0.2) is 0 Å². The summed E-state index contributed by atoms with van der Waals surface area (Å²) in [5, 5.41) is 2.88. The van der Waals surface area contributed by atoms with Gasteiger partial charge in [0.1, 0.15) is 5.75 Å². The summed E-state index contributed by atoms with van der Waals surface area (Å²) in [6.07, 6.45) is 1.94. The second-order valence-electron chi connectivity index (χ2n) is 3.91. The molecular formula is C13H19NO2. The summed E-state index contributed by atoms with van der Waals surface area (Å²) in [6.45, 7) is 4.03. The molecule has 3 nitrogen and oxygen atoms in total. The highest BCUT2D eigenvalue weighted by Gasteiger charge is 2.11. The maximum absolute atomic E-state index is 11.7. The Morgan fingerprint density at radius 2 is 2.00 bits per heavy atom. The van der Waals surface area contributed by atoms with Gasteiger partial charge in [-0.05, 0) is 30.7 Å². The molecule has 1 unspecified atom stereocenters. The van der Waals surface area contributed by atoms with Crippen LogP contribution in [0.1, 0.15) is 26.7 Å². The predicted molar refractivity (Wildman–Crippen MR) is 65.7 cm³/mol. The molecule has 0 aromatic heterocycles. The first-order valence-electron chi connectivity index (χ1n) is 5.62. The van der Waals surface area contributed by atoms with Crippen LogP contribution in [0.25, 0.3) is 0 Å². The zero-order chi connectivity index (χ0) is 12.0. The normalized spacial score (nSPS) is 11.9. The SMILES string of the molecule is CCCC(C)C(=O)Nc1ccc(OC)cc1. The fourth-order valence-electron chi connectivity index (χ4n) is 1.50. The van der Waals surface area contributed by atoms with Crippen LogP contribution in [0.15, 0.2) is 24.3 Å². The number of methoxy groups -OCH3 is 1. The molecule has 0 saturated carbocycles. The van der Waals surface area contributed by atoms with E-state index in [1.54, 1.807) is 7.11 Å². The molecule has 1 amide bonds. The highest BCUT2D eigenvalue weighted by molar-refractivity contribution is 5.92. The van der Waals surface area contributed by atoms with E-state index < -0.39 is 0 Å². The third-order valence-electron chi connectivity index (χ3n) is 2.53. The smallest absolute Gasteiger partial charge is 0.227 e. The van der Waals surface area contributed by atoms with Gasteiger partial charge in [-0.15, -0.1) is 0 Å². The Morgan fingerprint density at radius 1 is 1.38 bits per heavy atom. The van der Waals surface area contributed by atoms with E-state index in [1.807, 2.05) is 31.2 Å². The molecule has 16 heavy (non-hydrogen) atoms. The van der Waals surface area contributed by atoms with Gasteiger partial charge in [0.05, 0.1) is 7.11 Å². The number of carbonyl (C=O) groups is 1. The Kier molecular flexibility index (Phi) is 4.83. The van der Waals surface area contributed by atoms with Crippen molar-refractivity contribution in [2.24, 2.45) is 5.92 Å². The van der Waals surface area contributed by atoms with Crippen LogP contribution in [0.2, 0.25) is 0 Å². The molecule has 0 heterocycles. The molecule has 0 radical (unpaired) electrons. The van der Waals surface area contributed by atoms with Crippen molar-refractivity contribution >= 4 is 11.6 Å². The van der Waals surface area contributed by atoms with E-state index in [-0.39, 0.29) is 11.8 Å². The van der Waals surface area contributed by atoms with Crippen LogP contribution in [-0.4, -0.2) is 13.0 Å². The Morgan fingerprint density at radius 3 is 2.50 bits per heavy atom. The topological polar surface area (TPSA) is 38.3 Å². The standard InChI is InChI=1S/C13H19NO2/c1-4-5-10(2)13(15)14-11-6-8-12(16-3)9-7-11/h6-10H,4-5H2,1-3H3,(H,14,15). The summed E-state index contributed by atoms with van der Waals surface area (Å²) < 4.78 is 5.05. The van der Waals surface area contributed by atoms with Crippen LogP contribution in [0, 0.1) is 5.92 Å². The van der Waals surface area contributed by atoms with Crippen LogP contribution in [0.4, 0.5) is 5.69 Å². The van der Waals surface area contributed by atoms with E-state index in [0.29, 0.717) is 0 Å². The van der Waals surface area contributed by atoms with Crippen molar-refractivity contribution < 1.29 is 9.53 Å². The molecule has 0 aliphatic carbocycles. The largest absolute Gasteiger partial charge is 0.497 e. The lowest BCUT2D eigenvalue weighted by atomic mass is 10.1. The predicted octanol–water partition coefficient (Wildman–Crippen LogP) is 3.07. The lowest BCUT2D eigenvalue weighted by molar-refractivity contribution is -0.119. The number of carbonyl (C=O) groups excluding carboxylic acids is 1. The monoisotopic (exact) mass is 221 g/mol. The van der Waals surface area contributed by atoms with Crippen molar-refractivity contribution in [3.05, 3.63) is 24.3 Å². The number of nitrogens with one attached hydrogen (secondary N) is 1. The van der Waals surface area contributed by atoms with Gasteiger partial charge >= 0.3 is 0 Å². The van der Waals surface area contributed by atoms with Crippen LogP contribution >= 0.6 is 0 Å². The van der Waals surface area contributed by atoms with E-state index in [2.05, 4.69) is 12.2 Å². The third kappa shape index (κ3) is 3.57. The van der Waals surface area contributed by atoms with Gasteiger partial charge < -0.3 is 10.1 Å². The second kappa shape index (κ2) is 6.16. The molecule has 0 aliphatic heterocycles. The van der Waals surface area contributed by atoms with Gasteiger partial charge in [-0.1, -0.05) is 20.3 Å². The number of hydrogen-bond donors (Lipinski definition) is 1. The van der Waals surface area contributed by atoms with Crippen molar-refractivity contribution in [1.29, 1.82) is 0 Å². The van der Waals surface area contributed by atoms with Crippen molar-refractivity contribution in [3.63, 3.8) is 0 Å². The molecule has 0 fully saturated rings. The van der Waals surface area contributed by atoms with Crippen molar-refractivity contribution in [1.82, 2.24) is 0 Å². The average molecular weight is 221 g/mol. The molecule has 0 bridgehead atoms. The molecule has 1 aromatic rings. The van der Waals surface area contributed by atoms with Crippen LogP contribution in [-0.2, 0) is 4.79 Å². The van der Waals surface area contributed by atoms with Gasteiger partial charge in [0, 0.05) is 11.6 Å². The molecule has 0 spiro atoms. The first kappa shape index (κ1) is 12.6. The Labute approximate surface area is 96.8 Å². The highest BCUT2D eigenvalue weighted by Crippen LogP contribution is 2.16. The quantitative estimate of drug-likeness (QED) is 0.829. The first-order valence-corrected chi connectivity index (χ1v) is 5.62. The number of anilines is 1. The number of hydrogen-bond acceptors (Lipinski definition) is 2. The Bertz CT molecular complexity index is 332. The van der Waals surface area contributed by atoms with Gasteiger partial charge in [0.15, 0.2) is 0 Å². The van der Waals surface area contributed by atoms with E-state index >= 15 is 0 Å². The van der Waals surface area contributed by atoms with Gasteiger partial charge in [0.25, 0.3) is 0 Å². The molecule has 88 valence electrons. The zero-order valence-corrected chi connectivity index (χ0v) is 10.1. The fraction of sp³-hybridized carbons (Fsp3) is 0.462. The summed E-state index contributed by atoms with van der Waals surface area (Å²) in [5.41, 5.74) is 0.814. The van der Waals surface area contributed by atoms with Gasteiger partial charge in [-0.2, -0.15) is 0 Å². The lowest BCUT2D eigenvalue weighted by Crippen LogP contribution is -2.20. The molecular weight excluding hydrogens is 202 g/mol. The molecule has 0 saturated heterocycles. The zero-order valence-electron chi connectivity index (χ0n) is 10.1. The van der Waals surface area contributed by atoms with Crippen molar-refractivity contribution in [2.75, 3.05) is 12.4 Å². The minimum atomic E-state index is 0.0621. The molecule has 3 heteroatoms. The maximum Gasteiger partial charge on any atom is 0.227 e. The molecule has 1 aromatic carbocycles. The summed E-state index contributed by atoms with van der Waals surface area (Å²) in [7, 11) is 1.62. The van der Waals surface area contributed by atoms with Crippen LogP contribution in [0.5, 0.6) is 5.75 Å². The molecule has 1 atom stereocenters. The van der Waals surface area contributed by atoms with E-state index in [9.17, 15) is 4.79 Å². The molecule has 0 aliphatic rings. The minimum Gasteiger partial charge on any atom is -0.497 e. The van der Waals surface area contributed by atoms with E-state index in [0.717, 1.165) is 24.3 Å². The molecule has 1 N–H and O–H groups in total. The highest BCUT2D eigenvalue weighted by atomic mass is 16.5. The lowest BCUT2D eigenvalue weighted by Gasteiger charge is -2.11. The van der Waals surface area contributed by atoms with E-state index in [4.69, 9.17) is 4.74 Å². The minimum absolute atomic E-state index is 0.0621. The van der Waals surface area contributed by atoms with Crippen LogP contribution in [0.3, 0.4) is 0 Å². The third-order valence-corrected chi connectivity index (χ3v) is 2.53. The molecule has 1 rings (SSSR count). The fourth-order valence-corrected chi connectivity index (χ4v) is 1.50. The first-order chi connectivity index (χ1) is 7.67. The summed E-state index contributed by atoms with van der Waals surface area (Å²) in [5.74, 6) is 0.929. The van der Waals surface area contributed by atoms with Crippen molar-refractivity contribution in [2.45, 2.75) is 26.7 Å². The number of rotatable bonds is 5. The van der Waals surface area contributed by atoms with Gasteiger partial charge in [-0.3, -0.25) is 4.79 Å². The van der Waals surface area contributed by atoms with E-state index in [1.165, 1.54) is 0 Å². The van der Waals surface area contributed by atoms with Gasteiger partial charge in [0.2, 0.25) is 5.91 Å².